The molecule has 34 heavy (non-hydrogen) atoms. The van der Waals surface area contributed by atoms with Gasteiger partial charge in [-0.3, -0.25) is 9.59 Å². The van der Waals surface area contributed by atoms with E-state index in [1.54, 1.807) is 6.07 Å². The summed E-state index contributed by atoms with van der Waals surface area (Å²) >= 11 is 6.24. The number of ketones is 1. The SMILES string of the molecule is CCCc1c(OCCCSCC2CSC3(CCC(CC(=O)OCC)C3)S2)ccc(C(C)=O)c1O. The standard InChI is InChI=1S/C26H38O5S3/c1-4-7-22-23(9-8-21(18(3)27)25(22)29)31-12-6-13-32-16-20-17-33-26(34-20)11-10-19(15-26)14-24(28)30-5-2/h8-9,19-20,29H,4-7,10-17H2,1-3H3. The third-order valence-corrected chi connectivity index (χ3v) is 11.5. The quantitative estimate of drug-likeness (QED) is 0.181. The number of rotatable bonds is 13. The van der Waals surface area contributed by atoms with Gasteiger partial charge < -0.3 is 14.6 Å². The number of phenolic OH excluding ortho intramolecular Hbond substituents is 1. The second-order valence-corrected chi connectivity index (χ2v) is 13.6. The van der Waals surface area contributed by atoms with Crippen LogP contribution in [0.4, 0.5) is 0 Å². The van der Waals surface area contributed by atoms with E-state index in [1.165, 1.54) is 19.1 Å². The molecule has 1 heterocycles. The van der Waals surface area contributed by atoms with Crippen LogP contribution in [-0.4, -0.2) is 56.7 Å². The molecule has 5 nitrogen and oxygen atoms in total. The Balaban J connectivity index is 1.35. The maximum atomic E-state index is 11.8. The maximum Gasteiger partial charge on any atom is 0.306 e. The molecular formula is C26H38O5S3. The van der Waals surface area contributed by atoms with Gasteiger partial charge in [0.25, 0.3) is 0 Å². The lowest BCUT2D eigenvalue weighted by Gasteiger charge is -2.22. The van der Waals surface area contributed by atoms with Gasteiger partial charge in [0.1, 0.15) is 11.5 Å². The highest BCUT2D eigenvalue weighted by molar-refractivity contribution is 8.22. The molecule has 0 amide bonds. The summed E-state index contributed by atoms with van der Waals surface area (Å²) in [5.74, 6) is 4.46. The lowest BCUT2D eigenvalue weighted by molar-refractivity contribution is -0.144. The van der Waals surface area contributed by atoms with Gasteiger partial charge in [-0.25, -0.2) is 0 Å². The van der Waals surface area contributed by atoms with Crippen LogP contribution in [0, 0.1) is 5.92 Å². The van der Waals surface area contributed by atoms with Gasteiger partial charge in [0.15, 0.2) is 5.78 Å². The van der Waals surface area contributed by atoms with Gasteiger partial charge in [0.2, 0.25) is 0 Å². The zero-order valence-electron chi connectivity index (χ0n) is 20.6. The summed E-state index contributed by atoms with van der Waals surface area (Å²) in [6.45, 7) is 6.47. The fraction of sp³-hybridized carbons (Fsp3) is 0.692. The molecule has 190 valence electrons. The highest BCUT2D eigenvalue weighted by Crippen LogP contribution is 2.59. The van der Waals surface area contributed by atoms with Crippen molar-refractivity contribution in [3.63, 3.8) is 0 Å². The number of carbonyl (C=O) groups excluding carboxylic acids is 2. The number of hydrogen-bond acceptors (Lipinski definition) is 8. The fourth-order valence-corrected chi connectivity index (χ4v) is 10.1. The molecule has 0 aromatic heterocycles. The first-order valence-electron chi connectivity index (χ1n) is 12.4. The third kappa shape index (κ3) is 7.50. The van der Waals surface area contributed by atoms with E-state index in [2.05, 4.69) is 30.4 Å². The second-order valence-electron chi connectivity index (χ2n) is 9.10. The maximum absolute atomic E-state index is 11.8. The number of carbonyl (C=O) groups is 2. The first-order valence-corrected chi connectivity index (χ1v) is 15.4. The monoisotopic (exact) mass is 526 g/mol. The fourth-order valence-electron chi connectivity index (χ4n) is 4.72. The number of Topliss-reactive ketones (excluding diaryl/α,β-unsaturated/α-hetero) is 1. The molecule has 1 aliphatic heterocycles. The molecule has 1 saturated carbocycles. The van der Waals surface area contributed by atoms with Crippen LogP contribution >= 0.6 is 35.3 Å². The minimum atomic E-state index is -0.130. The van der Waals surface area contributed by atoms with Crippen LogP contribution in [0.5, 0.6) is 11.5 Å². The van der Waals surface area contributed by atoms with Crippen molar-refractivity contribution in [3.8, 4) is 11.5 Å². The van der Waals surface area contributed by atoms with Crippen LogP contribution in [0.1, 0.15) is 75.2 Å². The third-order valence-electron chi connectivity index (χ3n) is 6.32. The average Bonchev–Trinajstić information content (AvgIpc) is 3.38. The van der Waals surface area contributed by atoms with Crippen molar-refractivity contribution < 1.29 is 24.2 Å². The summed E-state index contributed by atoms with van der Waals surface area (Å²) in [6, 6.07) is 3.48. The Hall–Kier alpha value is -0.990. The van der Waals surface area contributed by atoms with E-state index in [9.17, 15) is 14.7 Å². The molecule has 0 radical (unpaired) electrons. The molecule has 3 unspecified atom stereocenters. The molecule has 1 aliphatic carbocycles. The molecule has 1 saturated heterocycles. The predicted molar refractivity (Wildman–Crippen MR) is 145 cm³/mol. The summed E-state index contributed by atoms with van der Waals surface area (Å²) < 4.78 is 11.4. The van der Waals surface area contributed by atoms with Crippen LogP contribution in [0.15, 0.2) is 12.1 Å². The smallest absolute Gasteiger partial charge is 0.306 e. The average molecular weight is 527 g/mol. The zero-order chi connectivity index (χ0) is 24.6. The topological polar surface area (TPSA) is 72.8 Å². The second kappa shape index (κ2) is 13.4. The number of phenols is 1. The molecule has 8 heteroatoms. The Labute approximate surface area is 216 Å². The van der Waals surface area contributed by atoms with E-state index in [-0.39, 0.29) is 17.5 Å². The van der Waals surface area contributed by atoms with Gasteiger partial charge in [-0.05, 0) is 69.8 Å². The van der Waals surface area contributed by atoms with Crippen molar-refractivity contribution in [3.05, 3.63) is 23.3 Å². The van der Waals surface area contributed by atoms with E-state index < -0.39 is 0 Å². The van der Waals surface area contributed by atoms with E-state index >= 15 is 0 Å². The largest absolute Gasteiger partial charge is 0.507 e. The molecule has 1 spiro atoms. The number of thioether (sulfide) groups is 3. The van der Waals surface area contributed by atoms with Gasteiger partial charge in [-0.1, -0.05) is 13.3 Å². The predicted octanol–water partition coefficient (Wildman–Crippen LogP) is 6.35. The first kappa shape index (κ1) is 27.6. The number of esters is 1. The lowest BCUT2D eigenvalue weighted by Crippen LogP contribution is -2.15. The van der Waals surface area contributed by atoms with Crippen LogP contribution in [0.3, 0.4) is 0 Å². The molecular weight excluding hydrogens is 488 g/mol. The number of hydrogen-bond donors (Lipinski definition) is 1. The van der Waals surface area contributed by atoms with Gasteiger partial charge >= 0.3 is 5.97 Å². The first-order chi connectivity index (χ1) is 16.4. The minimum Gasteiger partial charge on any atom is -0.507 e. The summed E-state index contributed by atoms with van der Waals surface area (Å²) in [7, 11) is 0. The van der Waals surface area contributed by atoms with Crippen molar-refractivity contribution in [2.45, 2.75) is 75.0 Å². The van der Waals surface area contributed by atoms with Gasteiger partial charge in [0.05, 0.1) is 22.9 Å². The highest BCUT2D eigenvalue weighted by Gasteiger charge is 2.46. The molecule has 3 atom stereocenters. The molecule has 1 N–H and O–H groups in total. The summed E-state index contributed by atoms with van der Waals surface area (Å²) in [5, 5.41) is 11.1. The Kier molecular flexibility index (Phi) is 10.8. The van der Waals surface area contributed by atoms with Crippen LogP contribution in [0.25, 0.3) is 0 Å². The highest BCUT2D eigenvalue weighted by atomic mass is 32.2. The van der Waals surface area contributed by atoms with Crippen molar-refractivity contribution in [2.24, 2.45) is 5.92 Å². The molecule has 2 fully saturated rings. The molecule has 1 aromatic carbocycles. The van der Waals surface area contributed by atoms with Crippen molar-refractivity contribution >= 4 is 47.0 Å². The zero-order valence-corrected chi connectivity index (χ0v) is 23.0. The summed E-state index contributed by atoms with van der Waals surface area (Å²) in [4.78, 5) is 23.5. The Bertz CT molecular complexity index is 846. The minimum absolute atomic E-state index is 0.0429. The Morgan fingerprint density at radius 3 is 2.85 bits per heavy atom. The summed E-state index contributed by atoms with van der Waals surface area (Å²) in [5.41, 5.74) is 1.11. The van der Waals surface area contributed by atoms with Crippen molar-refractivity contribution in [1.29, 1.82) is 0 Å². The van der Waals surface area contributed by atoms with Gasteiger partial charge in [0, 0.05) is 28.7 Å². The summed E-state index contributed by atoms with van der Waals surface area (Å²) in [6.07, 6.45) is 6.56. The van der Waals surface area contributed by atoms with Crippen LogP contribution in [-0.2, 0) is 16.0 Å². The number of ether oxygens (including phenoxy) is 2. The molecule has 0 bridgehead atoms. The number of benzene rings is 1. The Morgan fingerprint density at radius 2 is 2.12 bits per heavy atom. The van der Waals surface area contributed by atoms with Crippen molar-refractivity contribution in [1.82, 2.24) is 0 Å². The molecule has 1 aromatic rings. The van der Waals surface area contributed by atoms with E-state index in [0.717, 1.165) is 42.8 Å². The van der Waals surface area contributed by atoms with Gasteiger partial charge in [-0.2, -0.15) is 11.8 Å². The van der Waals surface area contributed by atoms with Crippen LogP contribution < -0.4 is 4.74 Å². The van der Waals surface area contributed by atoms with E-state index in [4.69, 9.17) is 9.47 Å². The van der Waals surface area contributed by atoms with E-state index in [0.29, 0.717) is 52.6 Å². The van der Waals surface area contributed by atoms with E-state index in [1.807, 2.05) is 24.8 Å². The number of aromatic hydroxyl groups is 1. The molecule has 2 aliphatic rings. The van der Waals surface area contributed by atoms with Crippen molar-refractivity contribution in [2.75, 3.05) is 30.5 Å². The normalized spacial score (nSPS) is 24.0. The lowest BCUT2D eigenvalue weighted by atomic mass is 10.0. The Morgan fingerprint density at radius 1 is 1.29 bits per heavy atom. The van der Waals surface area contributed by atoms with Crippen LogP contribution in [0.2, 0.25) is 0 Å². The van der Waals surface area contributed by atoms with Gasteiger partial charge in [-0.15, -0.1) is 23.5 Å². The molecule has 3 rings (SSSR count).